The molecule has 8 heteroatoms. The van der Waals surface area contributed by atoms with Gasteiger partial charge in [0.1, 0.15) is 15.6 Å². The summed E-state index contributed by atoms with van der Waals surface area (Å²) < 4.78 is 27.4. The van der Waals surface area contributed by atoms with Crippen LogP contribution < -0.4 is 0 Å². The molecule has 1 heterocycles. The molecule has 1 aliphatic rings. The molecule has 1 aromatic heterocycles. The summed E-state index contributed by atoms with van der Waals surface area (Å²) in [4.78, 5) is 3.76. The average Bonchev–Trinajstić information content (AvgIpc) is 3.16. The van der Waals surface area contributed by atoms with Crippen molar-refractivity contribution in [3.8, 4) is 6.07 Å². The standard InChI is InChI=1S/C12H13BrClN3O2S/c1-12(2,7-15)17(9-3-4-9)20(18,19)10-5-8(13)6-16-11(10)14/h5-6,9H,3-4H2,1-2H3. The summed E-state index contributed by atoms with van der Waals surface area (Å²) in [7, 11) is -3.87. The molecule has 0 N–H and O–H groups in total. The molecule has 0 bridgehead atoms. The van der Waals surface area contributed by atoms with Gasteiger partial charge in [-0.25, -0.2) is 13.4 Å². The molecule has 0 aliphatic heterocycles. The molecule has 0 unspecified atom stereocenters. The molecule has 0 saturated heterocycles. The fourth-order valence-electron chi connectivity index (χ4n) is 2.00. The predicted octanol–water partition coefficient (Wildman–Crippen LogP) is 2.95. The second-order valence-electron chi connectivity index (χ2n) is 5.15. The lowest BCUT2D eigenvalue weighted by atomic mass is 10.1. The Kier molecular flexibility index (Phi) is 4.13. The Bertz CT molecular complexity index is 680. The maximum atomic E-state index is 12.8. The first-order valence-corrected chi connectivity index (χ1v) is 8.58. The molecule has 2 rings (SSSR count). The quantitative estimate of drug-likeness (QED) is 0.755. The Labute approximate surface area is 131 Å². The summed E-state index contributed by atoms with van der Waals surface area (Å²) in [5, 5.41) is 9.17. The number of pyridine rings is 1. The van der Waals surface area contributed by atoms with Gasteiger partial charge in [-0.15, -0.1) is 0 Å². The highest BCUT2D eigenvalue weighted by atomic mass is 79.9. The lowest BCUT2D eigenvalue weighted by Gasteiger charge is -2.32. The van der Waals surface area contributed by atoms with Crippen molar-refractivity contribution in [2.24, 2.45) is 0 Å². The number of nitrogens with zero attached hydrogens (tertiary/aromatic N) is 3. The van der Waals surface area contributed by atoms with Crippen LogP contribution in [0.3, 0.4) is 0 Å². The number of hydrogen-bond acceptors (Lipinski definition) is 4. The highest BCUT2D eigenvalue weighted by Gasteiger charge is 2.47. The number of halogens is 2. The Morgan fingerprint density at radius 2 is 2.15 bits per heavy atom. The number of rotatable bonds is 4. The van der Waals surface area contributed by atoms with E-state index in [4.69, 9.17) is 11.6 Å². The molecule has 5 nitrogen and oxygen atoms in total. The predicted molar refractivity (Wildman–Crippen MR) is 78.7 cm³/mol. The van der Waals surface area contributed by atoms with Crippen molar-refractivity contribution in [2.45, 2.75) is 43.2 Å². The van der Waals surface area contributed by atoms with E-state index in [9.17, 15) is 13.7 Å². The van der Waals surface area contributed by atoms with Crippen LogP contribution in [-0.4, -0.2) is 29.3 Å². The zero-order valence-electron chi connectivity index (χ0n) is 11.0. The van der Waals surface area contributed by atoms with Crippen LogP contribution in [0.2, 0.25) is 5.15 Å². The minimum atomic E-state index is -3.87. The normalized spacial score (nSPS) is 16.2. The molecule has 1 aliphatic carbocycles. The van der Waals surface area contributed by atoms with E-state index in [1.165, 1.54) is 16.6 Å². The second-order valence-corrected chi connectivity index (χ2v) is 8.20. The van der Waals surface area contributed by atoms with Crippen LogP contribution in [0.25, 0.3) is 0 Å². The number of hydrogen-bond donors (Lipinski definition) is 0. The van der Waals surface area contributed by atoms with Crippen molar-refractivity contribution >= 4 is 37.6 Å². The van der Waals surface area contributed by atoms with Gasteiger partial charge in [-0.1, -0.05) is 11.6 Å². The van der Waals surface area contributed by atoms with Crippen molar-refractivity contribution in [1.29, 1.82) is 5.26 Å². The monoisotopic (exact) mass is 377 g/mol. The summed E-state index contributed by atoms with van der Waals surface area (Å²) in [6, 6.07) is 3.31. The first-order chi connectivity index (χ1) is 9.20. The number of aromatic nitrogens is 1. The van der Waals surface area contributed by atoms with Crippen LogP contribution in [0.5, 0.6) is 0 Å². The smallest absolute Gasteiger partial charge is 0.242 e. The maximum absolute atomic E-state index is 12.8. The van der Waals surface area contributed by atoms with Gasteiger partial charge in [0, 0.05) is 16.7 Å². The van der Waals surface area contributed by atoms with Gasteiger partial charge in [0.05, 0.1) is 6.07 Å². The van der Waals surface area contributed by atoms with Crippen molar-refractivity contribution in [3.63, 3.8) is 0 Å². The fraction of sp³-hybridized carbons (Fsp3) is 0.500. The van der Waals surface area contributed by atoms with E-state index in [1.54, 1.807) is 13.8 Å². The lowest BCUT2D eigenvalue weighted by molar-refractivity contribution is 0.280. The molecule has 0 aromatic carbocycles. The summed E-state index contributed by atoms with van der Waals surface area (Å²) in [5.41, 5.74) is -1.13. The molecule has 108 valence electrons. The highest BCUT2D eigenvalue weighted by molar-refractivity contribution is 9.10. The Balaban J connectivity index is 2.58. The third kappa shape index (κ3) is 2.84. The van der Waals surface area contributed by atoms with Crippen LogP contribution in [0.4, 0.5) is 0 Å². The topological polar surface area (TPSA) is 74.1 Å². The van der Waals surface area contributed by atoms with E-state index in [0.29, 0.717) is 4.47 Å². The van der Waals surface area contributed by atoms with E-state index in [1.807, 2.05) is 6.07 Å². The molecule has 0 radical (unpaired) electrons. The van der Waals surface area contributed by atoms with Crippen LogP contribution >= 0.6 is 27.5 Å². The molecule has 1 saturated carbocycles. The van der Waals surface area contributed by atoms with Crippen LogP contribution in [0, 0.1) is 11.3 Å². The van der Waals surface area contributed by atoms with Gasteiger partial charge < -0.3 is 0 Å². The minimum absolute atomic E-state index is 0.0798. The van der Waals surface area contributed by atoms with E-state index in [0.717, 1.165) is 12.8 Å². The Hall–Kier alpha value is -0.680. The van der Waals surface area contributed by atoms with Crippen molar-refractivity contribution in [1.82, 2.24) is 9.29 Å². The lowest BCUT2D eigenvalue weighted by Crippen LogP contribution is -2.48. The van der Waals surface area contributed by atoms with E-state index < -0.39 is 15.6 Å². The Morgan fingerprint density at radius 1 is 1.55 bits per heavy atom. The van der Waals surface area contributed by atoms with Crippen molar-refractivity contribution in [3.05, 3.63) is 21.9 Å². The van der Waals surface area contributed by atoms with Gasteiger partial charge in [-0.05, 0) is 48.7 Å². The third-order valence-corrected chi connectivity index (χ3v) is 6.00. The fourth-order valence-corrected chi connectivity index (χ4v) is 4.88. The van der Waals surface area contributed by atoms with Crippen molar-refractivity contribution < 1.29 is 8.42 Å². The van der Waals surface area contributed by atoms with Gasteiger partial charge in [-0.3, -0.25) is 0 Å². The SMILES string of the molecule is CC(C)(C#N)N(C1CC1)S(=O)(=O)c1cc(Br)cnc1Cl. The maximum Gasteiger partial charge on any atom is 0.247 e. The molecule has 1 fully saturated rings. The third-order valence-electron chi connectivity index (χ3n) is 3.01. The highest BCUT2D eigenvalue weighted by Crippen LogP contribution is 2.39. The van der Waals surface area contributed by atoms with E-state index >= 15 is 0 Å². The van der Waals surface area contributed by atoms with Crippen molar-refractivity contribution in [2.75, 3.05) is 0 Å². The molecular weight excluding hydrogens is 366 g/mol. The van der Waals surface area contributed by atoms with E-state index in [-0.39, 0.29) is 16.1 Å². The van der Waals surface area contributed by atoms with Gasteiger partial charge >= 0.3 is 0 Å². The van der Waals surface area contributed by atoms with Crippen LogP contribution in [0.1, 0.15) is 26.7 Å². The van der Waals surface area contributed by atoms with Gasteiger partial charge in [-0.2, -0.15) is 9.57 Å². The molecule has 0 spiro atoms. The first kappa shape index (κ1) is 15.7. The first-order valence-electron chi connectivity index (χ1n) is 5.97. The van der Waals surface area contributed by atoms with Gasteiger partial charge in [0.15, 0.2) is 0 Å². The number of sulfonamides is 1. The molecular formula is C12H13BrClN3O2S. The number of nitriles is 1. The van der Waals surface area contributed by atoms with E-state index in [2.05, 4.69) is 20.9 Å². The summed E-state index contributed by atoms with van der Waals surface area (Å²) in [6.45, 7) is 3.17. The minimum Gasteiger partial charge on any atom is -0.242 e. The van der Waals surface area contributed by atoms with Gasteiger partial charge in [0.25, 0.3) is 0 Å². The molecule has 0 amide bonds. The molecule has 1 aromatic rings. The zero-order valence-corrected chi connectivity index (χ0v) is 14.1. The van der Waals surface area contributed by atoms with Crippen LogP contribution in [0.15, 0.2) is 21.6 Å². The summed E-state index contributed by atoms with van der Waals surface area (Å²) in [6.07, 6.45) is 2.94. The average molecular weight is 379 g/mol. The summed E-state index contributed by atoms with van der Waals surface area (Å²) >= 11 is 9.11. The molecule has 0 atom stereocenters. The largest absolute Gasteiger partial charge is 0.247 e. The Morgan fingerprint density at radius 3 is 2.65 bits per heavy atom. The summed E-state index contributed by atoms with van der Waals surface area (Å²) in [5.74, 6) is 0. The molecule has 20 heavy (non-hydrogen) atoms. The second kappa shape index (κ2) is 5.26. The zero-order chi connectivity index (χ0) is 15.1. The van der Waals surface area contributed by atoms with Crippen LogP contribution in [-0.2, 0) is 10.0 Å². The van der Waals surface area contributed by atoms with Gasteiger partial charge in [0.2, 0.25) is 10.0 Å².